The van der Waals surface area contributed by atoms with Crippen LogP contribution in [0.1, 0.15) is 13.3 Å². The normalized spacial score (nSPS) is 11.3. The Hall–Kier alpha value is -1.23. The van der Waals surface area contributed by atoms with E-state index in [1.807, 2.05) is 6.92 Å². The molecule has 2 N–H and O–H groups in total. The van der Waals surface area contributed by atoms with Crippen molar-refractivity contribution < 1.29 is 13.2 Å². The van der Waals surface area contributed by atoms with E-state index in [1.165, 1.54) is 19.2 Å². The minimum Gasteiger partial charge on any atom is -0.495 e. The lowest BCUT2D eigenvalue weighted by molar-refractivity contribution is 0.403. The van der Waals surface area contributed by atoms with Gasteiger partial charge in [-0.15, -0.1) is 0 Å². The van der Waals surface area contributed by atoms with Gasteiger partial charge >= 0.3 is 0 Å². The number of sulfone groups is 1. The molecule has 0 fully saturated rings. The van der Waals surface area contributed by atoms with E-state index >= 15 is 0 Å². The lowest BCUT2D eigenvalue weighted by Crippen LogP contribution is -2.08. The zero-order valence-corrected chi connectivity index (χ0v) is 9.67. The molecule has 0 bridgehead atoms. The van der Waals surface area contributed by atoms with Crippen LogP contribution in [0.5, 0.6) is 5.75 Å². The van der Waals surface area contributed by atoms with E-state index in [0.717, 1.165) is 0 Å². The number of hydrogen-bond donors (Lipinski definition) is 1. The Kier molecular flexibility index (Phi) is 3.57. The number of ether oxygens (including phenoxy) is 1. The zero-order valence-electron chi connectivity index (χ0n) is 8.86. The second-order valence-corrected chi connectivity index (χ2v) is 5.31. The molecular weight excluding hydrogens is 214 g/mol. The second-order valence-electron chi connectivity index (χ2n) is 3.23. The predicted molar refractivity (Wildman–Crippen MR) is 59.8 cm³/mol. The van der Waals surface area contributed by atoms with Gasteiger partial charge < -0.3 is 10.5 Å². The molecule has 5 heteroatoms. The summed E-state index contributed by atoms with van der Waals surface area (Å²) >= 11 is 0. The van der Waals surface area contributed by atoms with E-state index in [2.05, 4.69) is 0 Å². The van der Waals surface area contributed by atoms with Crippen molar-refractivity contribution in [1.82, 2.24) is 0 Å². The lowest BCUT2D eigenvalue weighted by Gasteiger charge is -2.09. The summed E-state index contributed by atoms with van der Waals surface area (Å²) in [6, 6.07) is 4.56. The van der Waals surface area contributed by atoms with E-state index in [9.17, 15) is 8.42 Å². The number of hydrogen-bond acceptors (Lipinski definition) is 4. The number of benzene rings is 1. The fraction of sp³-hybridized carbons (Fsp3) is 0.400. The standard InChI is InChI=1S/C10H15NO3S/c1-3-6-15(12,13)10-5-4-8(11)7-9(10)14-2/h4-5,7H,3,6,11H2,1-2H3. The molecule has 0 spiro atoms. The summed E-state index contributed by atoms with van der Waals surface area (Å²) in [5.41, 5.74) is 6.03. The van der Waals surface area contributed by atoms with Crippen molar-refractivity contribution in [2.75, 3.05) is 18.6 Å². The molecule has 1 rings (SSSR count). The summed E-state index contributed by atoms with van der Waals surface area (Å²) in [7, 11) is -1.82. The van der Waals surface area contributed by atoms with Crippen molar-refractivity contribution in [1.29, 1.82) is 0 Å². The van der Waals surface area contributed by atoms with Gasteiger partial charge in [0.1, 0.15) is 10.6 Å². The second kappa shape index (κ2) is 4.53. The lowest BCUT2D eigenvalue weighted by atomic mass is 10.3. The Morgan fingerprint density at radius 2 is 2.07 bits per heavy atom. The van der Waals surface area contributed by atoms with Gasteiger partial charge in [0.15, 0.2) is 9.84 Å². The van der Waals surface area contributed by atoms with Crippen LogP contribution in [0.4, 0.5) is 5.69 Å². The van der Waals surface area contributed by atoms with Crippen LogP contribution in [-0.4, -0.2) is 21.3 Å². The molecule has 84 valence electrons. The number of methoxy groups -OCH3 is 1. The molecule has 0 unspecified atom stereocenters. The fourth-order valence-electron chi connectivity index (χ4n) is 1.32. The Bertz CT molecular complexity index is 440. The zero-order chi connectivity index (χ0) is 11.5. The predicted octanol–water partition coefficient (Wildman–Crippen LogP) is 1.46. The van der Waals surface area contributed by atoms with Gasteiger partial charge in [0.05, 0.1) is 12.9 Å². The van der Waals surface area contributed by atoms with E-state index in [4.69, 9.17) is 10.5 Å². The van der Waals surface area contributed by atoms with Crippen LogP contribution in [0.25, 0.3) is 0 Å². The number of nitrogen functional groups attached to an aromatic ring is 1. The summed E-state index contributed by atoms with van der Waals surface area (Å²) in [6.07, 6.45) is 0.579. The minimum absolute atomic E-state index is 0.118. The fourth-order valence-corrected chi connectivity index (χ4v) is 2.80. The van der Waals surface area contributed by atoms with E-state index < -0.39 is 9.84 Å². The summed E-state index contributed by atoms with van der Waals surface area (Å²) in [6.45, 7) is 1.82. The molecule has 0 radical (unpaired) electrons. The van der Waals surface area contributed by atoms with Gasteiger partial charge in [0.2, 0.25) is 0 Å². The van der Waals surface area contributed by atoms with Crippen molar-refractivity contribution in [2.24, 2.45) is 0 Å². The van der Waals surface area contributed by atoms with Gasteiger partial charge in [-0.1, -0.05) is 6.92 Å². The molecule has 0 aliphatic heterocycles. The SMILES string of the molecule is CCCS(=O)(=O)c1ccc(N)cc1OC. The first kappa shape index (κ1) is 11.8. The smallest absolute Gasteiger partial charge is 0.182 e. The maximum Gasteiger partial charge on any atom is 0.182 e. The Balaban J connectivity index is 3.25. The highest BCUT2D eigenvalue weighted by Crippen LogP contribution is 2.27. The molecule has 1 aromatic rings. The quantitative estimate of drug-likeness (QED) is 0.793. The maximum atomic E-state index is 11.8. The first-order valence-electron chi connectivity index (χ1n) is 4.67. The van der Waals surface area contributed by atoms with Gasteiger partial charge in [0.25, 0.3) is 0 Å². The van der Waals surface area contributed by atoms with Gasteiger partial charge in [-0.05, 0) is 18.6 Å². The molecule has 15 heavy (non-hydrogen) atoms. The summed E-state index contributed by atoms with van der Waals surface area (Å²) < 4.78 is 28.6. The van der Waals surface area contributed by atoms with Gasteiger partial charge in [0, 0.05) is 11.8 Å². The maximum absolute atomic E-state index is 11.8. The van der Waals surface area contributed by atoms with Gasteiger partial charge in [-0.25, -0.2) is 8.42 Å². The molecule has 0 aliphatic carbocycles. The molecule has 0 atom stereocenters. The van der Waals surface area contributed by atoms with Gasteiger partial charge in [-0.2, -0.15) is 0 Å². The van der Waals surface area contributed by atoms with Crippen LogP contribution in [0.2, 0.25) is 0 Å². The average Bonchev–Trinajstić information content (AvgIpc) is 2.17. The van der Waals surface area contributed by atoms with Crippen LogP contribution < -0.4 is 10.5 Å². The molecule has 0 saturated carbocycles. The molecule has 0 amide bonds. The summed E-state index contributed by atoms with van der Waals surface area (Å²) in [5.74, 6) is 0.427. The summed E-state index contributed by atoms with van der Waals surface area (Å²) in [5, 5.41) is 0. The monoisotopic (exact) mass is 229 g/mol. The molecule has 1 aromatic carbocycles. The minimum atomic E-state index is -3.25. The average molecular weight is 229 g/mol. The largest absolute Gasteiger partial charge is 0.495 e. The number of nitrogens with two attached hydrogens (primary N) is 1. The number of rotatable bonds is 4. The Morgan fingerprint density at radius 1 is 1.40 bits per heavy atom. The Labute approximate surface area is 90.0 Å². The molecule has 4 nitrogen and oxygen atoms in total. The highest BCUT2D eigenvalue weighted by Gasteiger charge is 2.18. The third kappa shape index (κ3) is 2.62. The van der Waals surface area contributed by atoms with Crippen LogP contribution in [0.15, 0.2) is 23.1 Å². The molecule has 0 saturated heterocycles. The van der Waals surface area contributed by atoms with Crippen molar-refractivity contribution in [2.45, 2.75) is 18.2 Å². The first-order valence-corrected chi connectivity index (χ1v) is 6.32. The Morgan fingerprint density at radius 3 is 2.60 bits per heavy atom. The highest BCUT2D eigenvalue weighted by molar-refractivity contribution is 7.91. The van der Waals surface area contributed by atoms with Crippen LogP contribution >= 0.6 is 0 Å². The highest BCUT2D eigenvalue weighted by atomic mass is 32.2. The van der Waals surface area contributed by atoms with Crippen LogP contribution in [0.3, 0.4) is 0 Å². The third-order valence-electron chi connectivity index (χ3n) is 2.00. The van der Waals surface area contributed by atoms with Crippen molar-refractivity contribution in [3.8, 4) is 5.75 Å². The van der Waals surface area contributed by atoms with E-state index in [0.29, 0.717) is 17.9 Å². The van der Waals surface area contributed by atoms with Crippen molar-refractivity contribution in [3.63, 3.8) is 0 Å². The van der Waals surface area contributed by atoms with E-state index in [-0.39, 0.29) is 10.6 Å². The molecule has 0 heterocycles. The van der Waals surface area contributed by atoms with E-state index in [1.54, 1.807) is 6.07 Å². The molecule has 0 aliphatic rings. The van der Waals surface area contributed by atoms with Crippen LogP contribution in [0, 0.1) is 0 Å². The molecule has 0 aromatic heterocycles. The van der Waals surface area contributed by atoms with Crippen molar-refractivity contribution in [3.05, 3.63) is 18.2 Å². The van der Waals surface area contributed by atoms with Gasteiger partial charge in [-0.3, -0.25) is 0 Å². The third-order valence-corrected chi connectivity index (χ3v) is 3.95. The first-order chi connectivity index (χ1) is 7.01. The summed E-state index contributed by atoms with van der Waals surface area (Å²) in [4.78, 5) is 0.209. The topological polar surface area (TPSA) is 69.4 Å². The molecular formula is C10H15NO3S. The van der Waals surface area contributed by atoms with Crippen LogP contribution in [-0.2, 0) is 9.84 Å². The van der Waals surface area contributed by atoms with Crippen molar-refractivity contribution >= 4 is 15.5 Å². The number of anilines is 1.